The average molecular weight is 398 g/mol. The molecule has 0 atom stereocenters. The maximum Gasteiger partial charge on any atom is 0.271 e. The molecule has 7 heteroatoms. The molecule has 0 unspecified atom stereocenters. The van der Waals surface area contributed by atoms with Crippen LogP contribution >= 0.6 is 0 Å². The number of pyridine rings is 1. The molecule has 1 saturated carbocycles. The van der Waals surface area contributed by atoms with Crippen LogP contribution in [0.2, 0.25) is 0 Å². The lowest BCUT2D eigenvalue weighted by Gasteiger charge is -2.13. The highest BCUT2D eigenvalue weighted by molar-refractivity contribution is 5.93. The summed E-state index contributed by atoms with van der Waals surface area (Å²) in [7, 11) is 0. The number of carbonyl (C=O) groups is 1. The first-order valence-electron chi connectivity index (χ1n) is 10.3. The molecular weight excluding hydrogens is 376 g/mol. The van der Waals surface area contributed by atoms with Crippen LogP contribution in [0.3, 0.4) is 0 Å². The summed E-state index contributed by atoms with van der Waals surface area (Å²) in [5, 5.41) is 7.73. The molecule has 1 N–H and O–H groups in total. The molecule has 150 valence electrons. The predicted octanol–water partition coefficient (Wildman–Crippen LogP) is 3.93. The Bertz CT molecular complexity index is 1180. The highest BCUT2D eigenvalue weighted by atomic mass is 16.1. The first-order valence-corrected chi connectivity index (χ1v) is 10.3. The smallest absolute Gasteiger partial charge is 0.271 e. The lowest BCUT2D eigenvalue weighted by molar-refractivity contribution is 0.0945. The number of nitrogens with zero attached hydrogens (tertiary/aromatic N) is 5. The minimum absolute atomic E-state index is 0.261. The number of nitrogens with one attached hydrogen (secondary N) is 1. The standard InChI is InChI=1S/C23H22N6O/c30-23(21-15-25-18-9-3-4-10-19(18)27-21)26-14-16-13-22(20-11-5-6-12-24-20)29(28-16)17-7-1-2-8-17/h3-6,9-13,15,17H,1-2,7-8,14H2,(H,26,30). The molecule has 0 radical (unpaired) electrons. The van der Waals surface area contributed by atoms with E-state index in [0.717, 1.165) is 35.4 Å². The molecule has 0 saturated heterocycles. The second-order valence-electron chi connectivity index (χ2n) is 7.55. The number of hydrogen-bond acceptors (Lipinski definition) is 5. The first-order chi connectivity index (χ1) is 14.8. The van der Waals surface area contributed by atoms with Gasteiger partial charge in [0.2, 0.25) is 0 Å². The van der Waals surface area contributed by atoms with Gasteiger partial charge in [-0.15, -0.1) is 0 Å². The monoisotopic (exact) mass is 398 g/mol. The van der Waals surface area contributed by atoms with Crippen molar-refractivity contribution in [3.05, 3.63) is 72.3 Å². The average Bonchev–Trinajstić information content (AvgIpc) is 3.47. The molecule has 1 fully saturated rings. The third kappa shape index (κ3) is 3.66. The van der Waals surface area contributed by atoms with Gasteiger partial charge in [0.15, 0.2) is 0 Å². The molecule has 3 heterocycles. The van der Waals surface area contributed by atoms with Crippen LogP contribution in [0.4, 0.5) is 0 Å². The largest absolute Gasteiger partial charge is 0.345 e. The minimum Gasteiger partial charge on any atom is -0.345 e. The van der Waals surface area contributed by atoms with Crippen LogP contribution in [0.25, 0.3) is 22.4 Å². The van der Waals surface area contributed by atoms with Crippen molar-refractivity contribution in [3.63, 3.8) is 0 Å². The Hall–Kier alpha value is -3.61. The molecule has 1 amide bonds. The molecule has 0 bridgehead atoms. The van der Waals surface area contributed by atoms with Crippen molar-refractivity contribution < 1.29 is 4.79 Å². The lowest BCUT2D eigenvalue weighted by atomic mass is 10.2. The van der Waals surface area contributed by atoms with Crippen LogP contribution < -0.4 is 5.32 Å². The molecule has 4 aromatic rings. The summed E-state index contributed by atoms with van der Waals surface area (Å²) in [5.41, 5.74) is 4.48. The van der Waals surface area contributed by atoms with Gasteiger partial charge in [0.1, 0.15) is 5.69 Å². The number of aromatic nitrogens is 5. The summed E-state index contributed by atoms with van der Waals surface area (Å²) in [4.78, 5) is 25.8. The number of rotatable bonds is 5. The van der Waals surface area contributed by atoms with Gasteiger partial charge in [-0.1, -0.05) is 31.0 Å². The van der Waals surface area contributed by atoms with Gasteiger partial charge in [-0.2, -0.15) is 5.10 Å². The summed E-state index contributed by atoms with van der Waals surface area (Å²) in [6.45, 7) is 0.326. The molecule has 0 aliphatic heterocycles. The van der Waals surface area contributed by atoms with Crippen LogP contribution in [-0.2, 0) is 6.54 Å². The fourth-order valence-electron chi connectivity index (χ4n) is 3.99. The van der Waals surface area contributed by atoms with E-state index < -0.39 is 0 Å². The third-order valence-electron chi connectivity index (χ3n) is 5.50. The van der Waals surface area contributed by atoms with E-state index in [9.17, 15) is 4.79 Å². The molecule has 30 heavy (non-hydrogen) atoms. The van der Waals surface area contributed by atoms with Gasteiger partial charge < -0.3 is 5.32 Å². The van der Waals surface area contributed by atoms with E-state index in [4.69, 9.17) is 5.10 Å². The van der Waals surface area contributed by atoms with Crippen LogP contribution in [0.5, 0.6) is 0 Å². The van der Waals surface area contributed by atoms with Crippen LogP contribution in [0.1, 0.15) is 47.9 Å². The number of para-hydroxylation sites is 2. The molecule has 3 aromatic heterocycles. The second kappa shape index (κ2) is 8.02. The Kier molecular flexibility index (Phi) is 4.93. The Labute approximate surface area is 174 Å². The summed E-state index contributed by atoms with van der Waals surface area (Å²) in [6.07, 6.45) is 7.99. The summed E-state index contributed by atoms with van der Waals surface area (Å²) >= 11 is 0. The molecular formula is C23H22N6O. The van der Waals surface area contributed by atoms with Crippen molar-refractivity contribution in [1.82, 2.24) is 30.0 Å². The highest BCUT2D eigenvalue weighted by Crippen LogP contribution is 2.33. The fourth-order valence-corrected chi connectivity index (χ4v) is 3.99. The van der Waals surface area contributed by atoms with Crippen molar-refractivity contribution in [2.45, 2.75) is 38.3 Å². The number of fused-ring (bicyclic) bond motifs is 1. The topological polar surface area (TPSA) is 85.6 Å². The molecule has 1 aliphatic rings. The maximum atomic E-state index is 12.6. The second-order valence-corrected chi connectivity index (χ2v) is 7.55. The van der Waals surface area contributed by atoms with E-state index in [1.807, 2.05) is 48.5 Å². The number of hydrogen-bond donors (Lipinski definition) is 1. The Morgan fingerprint density at radius 3 is 2.63 bits per heavy atom. The maximum absolute atomic E-state index is 12.6. The van der Waals surface area contributed by atoms with E-state index >= 15 is 0 Å². The molecule has 1 aromatic carbocycles. The summed E-state index contributed by atoms with van der Waals surface area (Å²) < 4.78 is 2.09. The van der Waals surface area contributed by atoms with Gasteiger partial charge in [-0.3, -0.25) is 19.4 Å². The van der Waals surface area contributed by atoms with Crippen LogP contribution in [-0.4, -0.2) is 30.6 Å². The quantitative estimate of drug-likeness (QED) is 0.550. The number of benzene rings is 1. The van der Waals surface area contributed by atoms with Crippen molar-refractivity contribution in [3.8, 4) is 11.4 Å². The zero-order chi connectivity index (χ0) is 20.3. The Morgan fingerprint density at radius 1 is 1.03 bits per heavy atom. The van der Waals surface area contributed by atoms with Crippen molar-refractivity contribution >= 4 is 16.9 Å². The van der Waals surface area contributed by atoms with E-state index in [2.05, 4.69) is 25.0 Å². The molecule has 1 aliphatic carbocycles. The van der Waals surface area contributed by atoms with Gasteiger partial charge in [-0.25, -0.2) is 4.98 Å². The summed E-state index contributed by atoms with van der Waals surface area (Å²) in [6, 6.07) is 15.8. The molecule has 5 rings (SSSR count). The number of carbonyl (C=O) groups excluding carboxylic acids is 1. The van der Waals surface area contributed by atoms with Crippen LogP contribution in [0.15, 0.2) is 60.9 Å². The Morgan fingerprint density at radius 2 is 1.83 bits per heavy atom. The van der Waals surface area contributed by atoms with Crippen molar-refractivity contribution in [2.24, 2.45) is 0 Å². The zero-order valence-electron chi connectivity index (χ0n) is 16.5. The molecule has 0 spiro atoms. The van der Waals surface area contributed by atoms with E-state index in [1.165, 1.54) is 19.0 Å². The van der Waals surface area contributed by atoms with Gasteiger partial charge >= 0.3 is 0 Å². The van der Waals surface area contributed by atoms with Gasteiger partial charge in [-0.05, 0) is 43.2 Å². The van der Waals surface area contributed by atoms with Crippen molar-refractivity contribution in [1.29, 1.82) is 0 Å². The van der Waals surface area contributed by atoms with Gasteiger partial charge in [0.25, 0.3) is 5.91 Å². The Balaban J connectivity index is 1.37. The number of amides is 1. The lowest BCUT2D eigenvalue weighted by Crippen LogP contribution is -2.24. The van der Waals surface area contributed by atoms with Crippen molar-refractivity contribution in [2.75, 3.05) is 0 Å². The normalized spacial score (nSPS) is 14.3. The first kappa shape index (κ1) is 18.4. The zero-order valence-corrected chi connectivity index (χ0v) is 16.5. The van der Waals surface area contributed by atoms with E-state index in [0.29, 0.717) is 23.8 Å². The van der Waals surface area contributed by atoms with Gasteiger partial charge in [0.05, 0.1) is 46.9 Å². The van der Waals surface area contributed by atoms with Crippen LogP contribution in [0, 0.1) is 0 Å². The predicted molar refractivity (Wildman–Crippen MR) is 114 cm³/mol. The summed E-state index contributed by atoms with van der Waals surface area (Å²) in [5.74, 6) is -0.261. The molecule has 7 nitrogen and oxygen atoms in total. The SMILES string of the molecule is O=C(NCc1cc(-c2ccccn2)n(C2CCCC2)n1)c1cnc2ccccc2n1. The van der Waals surface area contributed by atoms with E-state index in [1.54, 1.807) is 6.20 Å². The fraction of sp³-hybridized carbons (Fsp3) is 0.261. The van der Waals surface area contributed by atoms with Gasteiger partial charge in [0, 0.05) is 6.20 Å². The minimum atomic E-state index is -0.261. The highest BCUT2D eigenvalue weighted by Gasteiger charge is 2.22. The van der Waals surface area contributed by atoms with E-state index in [-0.39, 0.29) is 5.91 Å². The third-order valence-corrected chi connectivity index (χ3v) is 5.50.